The summed E-state index contributed by atoms with van der Waals surface area (Å²) in [5, 5.41) is 19.0. The predicted octanol–water partition coefficient (Wildman–Crippen LogP) is 1.16. The van der Waals surface area contributed by atoms with Crippen LogP contribution in [0.1, 0.15) is 17.3 Å². The maximum Gasteiger partial charge on any atom is 0.180 e. The number of likely N-dealkylation sites (N-methyl/N-ethyl adjacent to an activating group) is 1. The molecular formula is C15H22N2O3. The third-order valence-electron chi connectivity index (χ3n) is 3.96. The van der Waals surface area contributed by atoms with Gasteiger partial charge in [0.05, 0.1) is 12.1 Å². The van der Waals surface area contributed by atoms with E-state index in [0.29, 0.717) is 18.5 Å². The first kappa shape index (κ1) is 14.8. The molecule has 110 valence electrons. The van der Waals surface area contributed by atoms with E-state index in [2.05, 4.69) is 30.8 Å². The van der Waals surface area contributed by atoms with Crippen molar-refractivity contribution in [1.29, 1.82) is 0 Å². The van der Waals surface area contributed by atoms with Crippen LogP contribution >= 0.6 is 0 Å². The Labute approximate surface area is 119 Å². The largest absolute Gasteiger partial charge is 0.508 e. The molecule has 1 aliphatic heterocycles. The van der Waals surface area contributed by atoms with E-state index in [1.54, 1.807) is 0 Å². The number of ketones is 1. The lowest BCUT2D eigenvalue weighted by Gasteiger charge is -2.22. The second-order valence-electron chi connectivity index (χ2n) is 5.83. The minimum Gasteiger partial charge on any atom is -0.508 e. The molecule has 1 aliphatic rings. The van der Waals surface area contributed by atoms with Crippen molar-refractivity contribution in [3.63, 3.8) is 0 Å². The average Bonchev–Trinajstić information content (AvgIpc) is 2.70. The third kappa shape index (κ3) is 3.11. The third-order valence-corrected chi connectivity index (χ3v) is 3.96. The highest BCUT2D eigenvalue weighted by atomic mass is 16.3. The Morgan fingerprint density at radius 1 is 1.35 bits per heavy atom. The van der Waals surface area contributed by atoms with Crippen molar-refractivity contribution in [2.45, 2.75) is 13.0 Å². The van der Waals surface area contributed by atoms with Gasteiger partial charge in [-0.05, 0) is 32.1 Å². The van der Waals surface area contributed by atoms with Gasteiger partial charge in [-0.1, -0.05) is 6.92 Å². The van der Waals surface area contributed by atoms with Gasteiger partial charge in [-0.3, -0.25) is 9.69 Å². The van der Waals surface area contributed by atoms with Crippen molar-refractivity contribution in [3.05, 3.63) is 23.8 Å². The molecule has 0 amide bonds. The van der Waals surface area contributed by atoms with Crippen LogP contribution in [0.15, 0.2) is 18.2 Å². The monoisotopic (exact) mass is 278 g/mol. The fourth-order valence-electron chi connectivity index (χ4n) is 2.89. The number of nitrogens with zero attached hydrogens (tertiary/aromatic N) is 2. The van der Waals surface area contributed by atoms with Crippen LogP contribution in [0.3, 0.4) is 0 Å². The molecule has 5 nitrogen and oxygen atoms in total. The molecule has 1 heterocycles. The lowest BCUT2D eigenvalue weighted by atomic mass is 10.1. The summed E-state index contributed by atoms with van der Waals surface area (Å²) in [5.41, 5.74) is 0.267. The number of phenols is 2. The average molecular weight is 278 g/mol. The molecule has 2 unspecified atom stereocenters. The van der Waals surface area contributed by atoms with Gasteiger partial charge in [-0.25, -0.2) is 0 Å². The van der Waals surface area contributed by atoms with E-state index in [1.165, 1.54) is 18.2 Å². The summed E-state index contributed by atoms with van der Waals surface area (Å²) in [5.74, 6) is 0.202. The first-order valence-electron chi connectivity index (χ1n) is 6.82. The molecule has 20 heavy (non-hydrogen) atoms. The van der Waals surface area contributed by atoms with E-state index in [9.17, 15) is 15.0 Å². The summed E-state index contributed by atoms with van der Waals surface area (Å²) >= 11 is 0. The number of carbonyl (C=O) groups is 1. The van der Waals surface area contributed by atoms with Crippen LogP contribution in [-0.2, 0) is 0 Å². The van der Waals surface area contributed by atoms with Crippen LogP contribution in [-0.4, -0.2) is 65.6 Å². The lowest BCUT2D eigenvalue weighted by Crippen LogP contribution is -2.35. The SMILES string of the molecule is CC1CN(CC(=O)c2ccc(O)cc2O)CC1N(C)C. The van der Waals surface area contributed by atoms with Crippen LogP contribution in [0.5, 0.6) is 11.5 Å². The second-order valence-corrected chi connectivity index (χ2v) is 5.83. The number of Topliss-reactive ketones (excluding diaryl/α,β-unsaturated/α-hetero) is 1. The van der Waals surface area contributed by atoms with Gasteiger partial charge in [0, 0.05) is 25.2 Å². The molecule has 0 saturated carbocycles. The van der Waals surface area contributed by atoms with Crippen molar-refractivity contribution >= 4 is 5.78 Å². The fourth-order valence-corrected chi connectivity index (χ4v) is 2.89. The van der Waals surface area contributed by atoms with Crippen molar-refractivity contribution in [2.75, 3.05) is 33.7 Å². The first-order valence-corrected chi connectivity index (χ1v) is 6.82. The molecule has 0 aliphatic carbocycles. The van der Waals surface area contributed by atoms with Gasteiger partial charge in [0.2, 0.25) is 0 Å². The number of rotatable bonds is 4. The van der Waals surface area contributed by atoms with Gasteiger partial charge >= 0.3 is 0 Å². The Morgan fingerprint density at radius 2 is 2.05 bits per heavy atom. The number of hydrogen-bond donors (Lipinski definition) is 2. The summed E-state index contributed by atoms with van der Waals surface area (Å²) in [6.45, 7) is 4.23. The molecule has 2 atom stereocenters. The lowest BCUT2D eigenvalue weighted by molar-refractivity contribution is 0.0938. The van der Waals surface area contributed by atoms with Crippen LogP contribution in [0.2, 0.25) is 0 Å². The number of carbonyl (C=O) groups excluding carboxylic acids is 1. The Bertz CT molecular complexity index is 502. The summed E-state index contributed by atoms with van der Waals surface area (Å²) in [4.78, 5) is 16.5. The van der Waals surface area contributed by atoms with E-state index in [-0.39, 0.29) is 22.8 Å². The molecule has 1 fully saturated rings. The molecule has 0 radical (unpaired) electrons. The van der Waals surface area contributed by atoms with Crippen LogP contribution < -0.4 is 0 Å². The Hall–Kier alpha value is -1.59. The van der Waals surface area contributed by atoms with E-state index in [4.69, 9.17) is 0 Å². The zero-order valence-electron chi connectivity index (χ0n) is 12.2. The molecule has 1 aromatic rings. The van der Waals surface area contributed by atoms with Crippen molar-refractivity contribution in [3.8, 4) is 11.5 Å². The van der Waals surface area contributed by atoms with Crippen LogP contribution in [0, 0.1) is 5.92 Å². The fraction of sp³-hybridized carbons (Fsp3) is 0.533. The van der Waals surface area contributed by atoms with Crippen LogP contribution in [0.25, 0.3) is 0 Å². The van der Waals surface area contributed by atoms with Gasteiger partial charge in [-0.2, -0.15) is 0 Å². The smallest absolute Gasteiger partial charge is 0.180 e. The number of phenolic OH excluding ortho intramolecular Hbond substituents is 2. The standard InChI is InChI=1S/C15H22N2O3/c1-10-7-17(8-13(10)16(2)3)9-15(20)12-5-4-11(18)6-14(12)19/h4-6,10,13,18-19H,7-9H2,1-3H3. The van der Waals surface area contributed by atoms with Crippen molar-refractivity contribution in [1.82, 2.24) is 9.80 Å². The minimum atomic E-state index is -0.161. The normalized spacial score (nSPS) is 23.4. The predicted molar refractivity (Wildman–Crippen MR) is 77.2 cm³/mol. The molecule has 2 N–H and O–H groups in total. The maximum atomic E-state index is 12.2. The summed E-state index contributed by atoms with van der Waals surface area (Å²) in [6.07, 6.45) is 0. The number of aromatic hydroxyl groups is 2. The quantitative estimate of drug-likeness (QED) is 0.809. The second kappa shape index (κ2) is 5.81. The van der Waals surface area contributed by atoms with Gasteiger partial charge in [0.1, 0.15) is 11.5 Å². The molecule has 0 spiro atoms. The summed E-state index contributed by atoms with van der Waals surface area (Å²) in [6, 6.07) is 4.54. The topological polar surface area (TPSA) is 64.0 Å². The minimum absolute atomic E-state index is 0.0403. The van der Waals surface area contributed by atoms with Crippen molar-refractivity contribution < 1.29 is 15.0 Å². The van der Waals surface area contributed by atoms with Crippen molar-refractivity contribution in [2.24, 2.45) is 5.92 Å². The van der Waals surface area contributed by atoms with E-state index in [0.717, 1.165) is 13.1 Å². The van der Waals surface area contributed by atoms with E-state index < -0.39 is 0 Å². The molecular weight excluding hydrogens is 256 g/mol. The number of hydrogen-bond acceptors (Lipinski definition) is 5. The number of likely N-dealkylation sites (tertiary alicyclic amines) is 1. The van der Waals surface area contributed by atoms with E-state index >= 15 is 0 Å². The highest BCUT2D eigenvalue weighted by Gasteiger charge is 2.32. The summed E-state index contributed by atoms with van der Waals surface area (Å²) < 4.78 is 0. The van der Waals surface area contributed by atoms with Gasteiger partial charge in [-0.15, -0.1) is 0 Å². The van der Waals surface area contributed by atoms with Gasteiger partial charge < -0.3 is 15.1 Å². The van der Waals surface area contributed by atoms with E-state index in [1.807, 2.05) is 0 Å². The Kier molecular flexibility index (Phi) is 4.30. The first-order chi connectivity index (χ1) is 9.38. The highest BCUT2D eigenvalue weighted by molar-refractivity contribution is 6.00. The molecule has 5 heteroatoms. The maximum absolute atomic E-state index is 12.2. The van der Waals surface area contributed by atoms with Gasteiger partial charge in [0.15, 0.2) is 5.78 Å². The summed E-state index contributed by atoms with van der Waals surface area (Å²) in [7, 11) is 4.11. The van der Waals surface area contributed by atoms with Crippen LogP contribution in [0.4, 0.5) is 0 Å². The molecule has 1 aromatic carbocycles. The molecule has 2 rings (SSSR count). The molecule has 0 aromatic heterocycles. The number of benzene rings is 1. The molecule has 0 bridgehead atoms. The Morgan fingerprint density at radius 3 is 2.60 bits per heavy atom. The zero-order chi connectivity index (χ0) is 14.9. The highest BCUT2D eigenvalue weighted by Crippen LogP contribution is 2.25. The zero-order valence-corrected chi connectivity index (χ0v) is 12.2. The Balaban J connectivity index is 2.02. The molecule has 1 saturated heterocycles. The van der Waals surface area contributed by atoms with Gasteiger partial charge in [0.25, 0.3) is 0 Å².